The van der Waals surface area contributed by atoms with E-state index in [0.717, 1.165) is 0 Å². The third-order valence-corrected chi connectivity index (χ3v) is 3.53. The van der Waals surface area contributed by atoms with Crippen molar-refractivity contribution in [1.82, 2.24) is 0 Å². The number of hydrogen-bond acceptors (Lipinski definition) is 3. The molecule has 16 heavy (non-hydrogen) atoms. The van der Waals surface area contributed by atoms with Crippen molar-refractivity contribution in [2.24, 2.45) is 5.73 Å². The summed E-state index contributed by atoms with van der Waals surface area (Å²) in [5, 5.41) is 2.16. The number of thiophene rings is 1. The summed E-state index contributed by atoms with van der Waals surface area (Å²) in [6, 6.07) is 10.7. The Hall–Kier alpha value is -1.32. The Morgan fingerprint density at radius 3 is 2.31 bits per heavy atom. The maximum atomic E-state index is 5.61. The lowest BCUT2D eigenvalue weighted by atomic mass is 10.1. The van der Waals surface area contributed by atoms with Gasteiger partial charge in [0, 0.05) is 31.2 Å². The first-order valence-corrected chi connectivity index (χ1v) is 6.14. The van der Waals surface area contributed by atoms with E-state index in [1.807, 2.05) is 14.1 Å². The average Bonchev–Trinajstić information content (AvgIpc) is 2.77. The van der Waals surface area contributed by atoms with Gasteiger partial charge >= 0.3 is 0 Å². The SMILES string of the molecule is CN(C)c1ccc(-c2csc(CN)c2)cc1. The van der Waals surface area contributed by atoms with Gasteiger partial charge in [0.25, 0.3) is 0 Å². The van der Waals surface area contributed by atoms with Crippen molar-refractivity contribution in [2.75, 3.05) is 19.0 Å². The number of anilines is 1. The summed E-state index contributed by atoms with van der Waals surface area (Å²) in [6.45, 7) is 0.625. The first-order valence-electron chi connectivity index (χ1n) is 5.26. The van der Waals surface area contributed by atoms with E-state index < -0.39 is 0 Å². The summed E-state index contributed by atoms with van der Waals surface area (Å²) in [6.07, 6.45) is 0. The minimum Gasteiger partial charge on any atom is -0.378 e. The second-order valence-corrected chi connectivity index (χ2v) is 4.94. The van der Waals surface area contributed by atoms with Gasteiger partial charge in [-0.05, 0) is 34.7 Å². The molecule has 1 heterocycles. The van der Waals surface area contributed by atoms with E-state index in [-0.39, 0.29) is 0 Å². The Balaban J connectivity index is 2.27. The van der Waals surface area contributed by atoms with E-state index in [1.54, 1.807) is 11.3 Å². The number of benzene rings is 1. The first kappa shape index (κ1) is 11.2. The molecule has 1 aromatic carbocycles. The standard InChI is InChI=1S/C13H16N2S/c1-15(2)12-5-3-10(4-6-12)11-7-13(8-14)16-9-11/h3-7,9H,8,14H2,1-2H3. The molecule has 0 aliphatic heterocycles. The highest BCUT2D eigenvalue weighted by atomic mass is 32.1. The van der Waals surface area contributed by atoms with Gasteiger partial charge in [-0.3, -0.25) is 0 Å². The maximum absolute atomic E-state index is 5.61. The van der Waals surface area contributed by atoms with Crippen molar-refractivity contribution >= 4 is 17.0 Å². The van der Waals surface area contributed by atoms with Crippen LogP contribution in [-0.4, -0.2) is 14.1 Å². The lowest BCUT2D eigenvalue weighted by Crippen LogP contribution is -2.07. The van der Waals surface area contributed by atoms with Crippen LogP contribution in [0.15, 0.2) is 35.7 Å². The molecule has 1 aromatic heterocycles. The van der Waals surface area contributed by atoms with Crippen LogP contribution in [0.1, 0.15) is 4.88 Å². The third-order valence-electron chi connectivity index (χ3n) is 2.57. The Kier molecular flexibility index (Phi) is 3.27. The molecule has 2 rings (SSSR count). The first-order chi connectivity index (χ1) is 7.70. The summed E-state index contributed by atoms with van der Waals surface area (Å²) in [5.41, 5.74) is 9.34. The minimum atomic E-state index is 0.625. The summed E-state index contributed by atoms with van der Waals surface area (Å²) >= 11 is 1.72. The largest absolute Gasteiger partial charge is 0.378 e. The van der Waals surface area contributed by atoms with Gasteiger partial charge in [-0.25, -0.2) is 0 Å². The molecule has 2 N–H and O–H groups in total. The topological polar surface area (TPSA) is 29.3 Å². The summed E-state index contributed by atoms with van der Waals surface area (Å²) < 4.78 is 0. The van der Waals surface area contributed by atoms with Crippen LogP contribution in [0, 0.1) is 0 Å². The molecule has 0 spiro atoms. The molecule has 2 nitrogen and oxygen atoms in total. The van der Waals surface area contributed by atoms with E-state index in [0.29, 0.717) is 6.54 Å². The fourth-order valence-electron chi connectivity index (χ4n) is 1.59. The van der Waals surface area contributed by atoms with E-state index >= 15 is 0 Å². The second kappa shape index (κ2) is 4.68. The van der Waals surface area contributed by atoms with Crippen LogP contribution < -0.4 is 10.6 Å². The van der Waals surface area contributed by atoms with Crippen LogP contribution in [-0.2, 0) is 6.54 Å². The molecule has 0 bridgehead atoms. The molecule has 84 valence electrons. The Morgan fingerprint density at radius 2 is 1.81 bits per heavy atom. The predicted octanol–water partition coefficient (Wildman–Crippen LogP) is 2.94. The smallest absolute Gasteiger partial charge is 0.0361 e. The van der Waals surface area contributed by atoms with Crippen molar-refractivity contribution < 1.29 is 0 Å². The fourth-order valence-corrected chi connectivity index (χ4v) is 2.36. The number of nitrogens with zero attached hydrogens (tertiary/aromatic N) is 1. The molecule has 0 radical (unpaired) electrons. The Bertz CT molecular complexity index is 457. The van der Waals surface area contributed by atoms with Gasteiger partial charge in [-0.1, -0.05) is 12.1 Å². The van der Waals surface area contributed by atoms with Crippen LogP contribution >= 0.6 is 11.3 Å². The van der Waals surface area contributed by atoms with E-state index in [2.05, 4.69) is 40.6 Å². The Labute approximate surface area is 100 Å². The molecule has 0 atom stereocenters. The minimum absolute atomic E-state index is 0.625. The number of nitrogens with two attached hydrogens (primary N) is 1. The summed E-state index contributed by atoms with van der Waals surface area (Å²) in [5.74, 6) is 0. The molecule has 0 fully saturated rings. The van der Waals surface area contributed by atoms with E-state index in [1.165, 1.54) is 21.7 Å². The van der Waals surface area contributed by atoms with E-state index in [4.69, 9.17) is 5.73 Å². The van der Waals surface area contributed by atoms with Crippen molar-refractivity contribution in [3.05, 3.63) is 40.6 Å². The quantitative estimate of drug-likeness (QED) is 0.881. The van der Waals surface area contributed by atoms with Gasteiger partial charge < -0.3 is 10.6 Å². The van der Waals surface area contributed by atoms with Crippen LogP contribution in [0.2, 0.25) is 0 Å². The van der Waals surface area contributed by atoms with Gasteiger partial charge in [-0.15, -0.1) is 11.3 Å². The monoisotopic (exact) mass is 232 g/mol. The molecule has 3 heteroatoms. The number of rotatable bonds is 3. The normalized spacial score (nSPS) is 10.4. The summed E-state index contributed by atoms with van der Waals surface area (Å²) in [4.78, 5) is 3.33. The Morgan fingerprint density at radius 1 is 1.12 bits per heavy atom. The lowest BCUT2D eigenvalue weighted by Gasteiger charge is -2.12. The molecule has 2 aromatic rings. The zero-order valence-electron chi connectivity index (χ0n) is 9.60. The molecule has 0 aliphatic carbocycles. The highest BCUT2D eigenvalue weighted by molar-refractivity contribution is 7.10. The van der Waals surface area contributed by atoms with Crippen molar-refractivity contribution in [3.63, 3.8) is 0 Å². The zero-order valence-corrected chi connectivity index (χ0v) is 10.4. The average molecular weight is 232 g/mol. The van der Waals surface area contributed by atoms with Crippen molar-refractivity contribution in [2.45, 2.75) is 6.54 Å². The molecule has 0 aliphatic rings. The molecule has 0 saturated carbocycles. The lowest BCUT2D eigenvalue weighted by molar-refractivity contribution is 1.11. The third kappa shape index (κ3) is 2.26. The fraction of sp³-hybridized carbons (Fsp3) is 0.231. The van der Waals surface area contributed by atoms with Crippen molar-refractivity contribution in [1.29, 1.82) is 0 Å². The molecular weight excluding hydrogens is 216 g/mol. The maximum Gasteiger partial charge on any atom is 0.0361 e. The van der Waals surface area contributed by atoms with Gasteiger partial charge in [0.1, 0.15) is 0 Å². The predicted molar refractivity (Wildman–Crippen MR) is 72.0 cm³/mol. The van der Waals surface area contributed by atoms with Crippen LogP contribution in [0.5, 0.6) is 0 Å². The van der Waals surface area contributed by atoms with Gasteiger partial charge in [0.15, 0.2) is 0 Å². The van der Waals surface area contributed by atoms with Gasteiger partial charge in [0.05, 0.1) is 0 Å². The zero-order chi connectivity index (χ0) is 11.5. The molecule has 0 amide bonds. The van der Waals surface area contributed by atoms with Gasteiger partial charge in [-0.2, -0.15) is 0 Å². The van der Waals surface area contributed by atoms with Crippen LogP contribution in [0.3, 0.4) is 0 Å². The highest BCUT2D eigenvalue weighted by Gasteiger charge is 2.02. The molecule has 0 unspecified atom stereocenters. The molecule has 0 saturated heterocycles. The molecular formula is C13H16N2S. The van der Waals surface area contributed by atoms with Crippen molar-refractivity contribution in [3.8, 4) is 11.1 Å². The van der Waals surface area contributed by atoms with Gasteiger partial charge in [0.2, 0.25) is 0 Å². The highest BCUT2D eigenvalue weighted by Crippen LogP contribution is 2.26. The van der Waals surface area contributed by atoms with Crippen LogP contribution in [0.25, 0.3) is 11.1 Å². The number of hydrogen-bond donors (Lipinski definition) is 1. The summed E-state index contributed by atoms with van der Waals surface area (Å²) in [7, 11) is 4.10. The van der Waals surface area contributed by atoms with Crippen LogP contribution in [0.4, 0.5) is 5.69 Å². The van der Waals surface area contributed by atoms with E-state index in [9.17, 15) is 0 Å². The second-order valence-electron chi connectivity index (χ2n) is 3.95.